The molecule has 0 heterocycles. The van der Waals surface area contributed by atoms with E-state index in [2.05, 4.69) is 4.72 Å². The molecule has 0 aliphatic heterocycles. The fraction of sp³-hybridized carbons (Fsp3) is 0.500. The van der Waals surface area contributed by atoms with Gasteiger partial charge in [0.25, 0.3) is 0 Å². The van der Waals surface area contributed by atoms with Crippen molar-refractivity contribution in [1.82, 2.24) is 4.72 Å². The van der Waals surface area contributed by atoms with Crippen molar-refractivity contribution in [3.63, 3.8) is 0 Å². The third kappa shape index (κ3) is 2.23. The van der Waals surface area contributed by atoms with Crippen LogP contribution in [0, 0.1) is 5.41 Å². The molecule has 0 saturated heterocycles. The summed E-state index contributed by atoms with van der Waals surface area (Å²) in [6.07, 6.45) is -0.0158. The molecule has 2 unspecified atom stereocenters. The van der Waals surface area contributed by atoms with Gasteiger partial charge in [-0.3, -0.25) is 0 Å². The maximum Gasteiger partial charge on any atom is 0.240 e. The minimum atomic E-state index is -3.55. The van der Waals surface area contributed by atoms with Gasteiger partial charge in [0.1, 0.15) is 0 Å². The maximum atomic E-state index is 12.1. The number of rotatable bonds is 3. The summed E-state index contributed by atoms with van der Waals surface area (Å²) in [5.41, 5.74) is 5.61. The molecule has 1 aliphatic rings. The van der Waals surface area contributed by atoms with E-state index in [0.717, 1.165) is 0 Å². The average Bonchev–Trinajstić information content (AvgIpc) is 2.29. The molecule has 4 N–H and O–H groups in total. The number of aliphatic hydroxyl groups is 1. The van der Waals surface area contributed by atoms with E-state index in [4.69, 9.17) is 5.73 Å². The van der Waals surface area contributed by atoms with E-state index in [9.17, 15) is 13.5 Å². The summed E-state index contributed by atoms with van der Waals surface area (Å²) in [7, 11) is -3.55. The lowest BCUT2D eigenvalue weighted by Crippen LogP contribution is -2.61. The van der Waals surface area contributed by atoms with Gasteiger partial charge in [-0.25, -0.2) is 13.1 Å². The zero-order chi connectivity index (χ0) is 13.6. The van der Waals surface area contributed by atoms with Crippen molar-refractivity contribution in [2.24, 2.45) is 5.41 Å². The van der Waals surface area contributed by atoms with Crippen LogP contribution >= 0.6 is 0 Å². The van der Waals surface area contributed by atoms with Crippen LogP contribution in [-0.4, -0.2) is 25.7 Å². The Labute approximate surface area is 107 Å². The highest BCUT2D eigenvalue weighted by atomic mass is 32.2. The van der Waals surface area contributed by atoms with Gasteiger partial charge >= 0.3 is 0 Å². The van der Waals surface area contributed by atoms with Crippen LogP contribution in [0.5, 0.6) is 0 Å². The molecule has 1 aliphatic carbocycles. The van der Waals surface area contributed by atoms with Crippen molar-refractivity contribution in [2.75, 3.05) is 5.73 Å². The summed E-state index contributed by atoms with van der Waals surface area (Å²) in [4.78, 5) is 0.189. The van der Waals surface area contributed by atoms with Crippen LogP contribution in [0.15, 0.2) is 29.2 Å². The van der Waals surface area contributed by atoms with Crippen molar-refractivity contribution in [3.05, 3.63) is 24.3 Å². The SMILES string of the molecule is CC1(C)C(O)CC1NS(=O)(=O)c1ccc(N)cc1. The summed E-state index contributed by atoms with van der Waals surface area (Å²) in [6.45, 7) is 3.69. The van der Waals surface area contributed by atoms with Crippen LogP contribution in [0.3, 0.4) is 0 Å². The summed E-state index contributed by atoms with van der Waals surface area (Å²) >= 11 is 0. The molecule has 2 rings (SSSR count). The Morgan fingerprint density at radius 2 is 1.89 bits per heavy atom. The number of aliphatic hydroxyl groups excluding tert-OH is 1. The lowest BCUT2D eigenvalue weighted by Gasteiger charge is -2.49. The van der Waals surface area contributed by atoms with Crippen molar-refractivity contribution in [1.29, 1.82) is 0 Å². The Hall–Kier alpha value is -1.11. The van der Waals surface area contributed by atoms with E-state index in [1.807, 2.05) is 13.8 Å². The molecule has 18 heavy (non-hydrogen) atoms. The minimum absolute atomic E-state index is 0.189. The number of nitrogens with two attached hydrogens (primary N) is 1. The molecular formula is C12H18N2O3S. The monoisotopic (exact) mass is 270 g/mol. The third-order valence-corrected chi connectivity index (χ3v) is 5.19. The highest BCUT2D eigenvalue weighted by Gasteiger charge is 2.48. The molecule has 1 fully saturated rings. The molecule has 1 saturated carbocycles. The first-order valence-corrected chi connectivity index (χ1v) is 7.28. The minimum Gasteiger partial charge on any atom is -0.399 e. The molecule has 5 nitrogen and oxygen atoms in total. The molecule has 0 aromatic heterocycles. The lowest BCUT2D eigenvalue weighted by atomic mass is 9.65. The number of benzene rings is 1. The van der Waals surface area contributed by atoms with E-state index in [1.54, 1.807) is 12.1 Å². The predicted octanol–water partition coefficient (Wildman–Crippen LogP) is 0.706. The zero-order valence-corrected chi connectivity index (χ0v) is 11.2. The summed E-state index contributed by atoms with van der Waals surface area (Å²) < 4.78 is 26.8. The van der Waals surface area contributed by atoms with Crippen LogP contribution in [0.2, 0.25) is 0 Å². The predicted molar refractivity (Wildman–Crippen MR) is 69.4 cm³/mol. The molecule has 6 heteroatoms. The van der Waals surface area contributed by atoms with E-state index < -0.39 is 21.5 Å². The van der Waals surface area contributed by atoms with E-state index in [1.165, 1.54) is 12.1 Å². The van der Waals surface area contributed by atoms with Gasteiger partial charge in [0.05, 0.1) is 11.0 Å². The Morgan fingerprint density at radius 3 is 2.33 bits per heavy atom. The molecule has 100 valence electrons. The van der Waals surface area contributed by atoms with Gasteiger partial charge in [-0.05, 0) is 30.7 Å². The quantitative estimate of drug-likeness (QED) is 0.705. The molecule has 1 aromatic rings. The molecule has 0 bridgehead atoms. The van der Waals surface area contributed by atoms with E-state index in [0.29, 0.717) is 12.1 Å². The smallest absolute Gasteiger partial charge is 0.240 e. The molecule has 0 radical (unpaired) electrons. The highest BCUT2D eigenvalue weighted by molar-refractivity contribution is 7.89. The molecule has 2 atom stereocenters. The Balaban J connectivity index is 2.16. The third-order valence-electron chi connectivity index (χ3n) is 3.70. The van der Waals surface area contributed by atoms with E-state index >= 15 is 0 Å². The second kappa shape index (κ2) is 4.22. The summed E-state index contributed by atoms with van der Waals surface area (Å²) in [5.74, 6) is 0. The van der Waals surface area contributed by atoms with Gasteiger partial charge in [0, 0.05) is 17.1 Å². The first kappa shape index (κ1) is 13.3. The largest absolute Gasteiger partial charge is 0.399 e. The van der Waals surface area contributed by atoms with Crippen LogP contribution in [0.4, 0.5) is 5.69 Å². The number of anilines is 1. The number of hydrogen-bond donors (Lipinski definition) is 3. The first-order valence-electron chi connectivity index (χ1n) is 5.79. The first-order chi connectivity index (χ1) is 8.23. The normalized spacial score (nSPS) is 26.6. The second-order valence-corrected chi connectivity index (χ2v) is 7.03. The van der Waals surface area contributed by atoms with Crippen LogP contribution in [0.25, 0.3) is 0 Å². The molecule has 1 aromatic carbocycles. The second-order valence-electron chi connectivity index (χ2n) is 5.32. The van der Waals surface area contributed by atoms with Crippen LogP contribution in [-0.2, 0) is 10.0 Å². The number of sulfonamides is 1. The summed E-state index contributed by atoms with van der Waals surface area (Å²) in [5, 5.41) is 9.60. The Kier molecular flexibility index (Phi) is 3.12. The van der Waals surface area contributed by atoms with Gasteiger partial charge in [0.2, 0.25) is 10.0 Å². The van der Waals surface area contributed by atoms with Crippen molar-refractivity contribution in [3.8, 4) is 0 Å². The highest BCUT2D eigenvalue weighted by Crippen LogP contribution is 2.41. The van der Waals surface area contributed by atoms with Gasteiger partial charge in [-0.15, -0.1) is 0 Å². The standard InChI is InChI=1S/C12H18N2O3S/c1-12(2)10(7-11(12)15)14-18(16,17)9-5-3-8(13)4-6-9/h3-6,10-11,14-15H,7,13H2,1-2H3. The van der Waals surface area contributed by atoms with Crippen LogP contribution in [0.1, 0.15) is 20.3 Å². The fourth-order valence-corrected chi connectivity index (χ4v) is 3.41. The van der Waals surface area contributed by atoms with Gasteiger partial charge in [-0.1, -0.05) is 13.8 Å². The Bertz CT molecular complexity index is 537. The van der Waals surface area contributed by atoms with Gasteiger partial charge in [0.15, 0.2) is 0 Å². The topological polar surface area (TPSA) is 92.4 Å². The summed E-state index contributed by atoms with van der Waals surface area (Å²) in [6, 6.07) is 5.81. The molecule has 0 spiro atoms. The molecular weight excluding hydrogens is 252 g/mol. The Morgan fingerprint density at radius 1 is 1.33 bits per heavy atom. The van der Waals surface area contributed by atoms with Gasteiger partial charge in [-0.2, -0.15) is 0 Å². The van der Waals surface area contributed by atoms with Crippen LogP contribution < -0.4 is 10.5 Å². The fourth-order valence-electron chi connectivity index (χ4n) is 2.00. The van der Waals surface area contributed by atoms with Crippen molar-refractivity contribution >= 4 is 15.7 Å². The van der Waals surface area contributed by atoms with E-state index in [-0.39, 0.29) is 10.9 Å². The number of hydrogen-bond acceptors (Lipinski definition) is 4. The number of nitrogens with one attached hydrogen (secondary N) is 1. The lowest BCUT2D eigenvalue weighted by molar-refractivity contribution is -0.0645. The van der Waals surface area contributed by atoms with Crippen molar-refractivity contribution in [2.45, 2.75) is 37.3 Å². The van der Waals surface area contributed by atoms with Crippen molar-refractivity contribution < 1.29 is 13.5 Å². The van der Waals surface area contributed by atoms with Gasteiger partial charge < -0.3 is 10.8 Å². The zero-order valence-electron chi connectivity index (χ0n) is 10.4. The number of nitrogen functional groups attached to an aromatic ring is 1. The maximum absolute atomic E-state index is 12.1. The average molecular weight is 270 g/mol. The molecule has 0 amide bonds.